The first kappa shape index (κ1) is 14.2. The van der Waals surface area contributed by atoms with Gasteiger partial charge in [0.15, 0.2) is 0 Å². The Balaban J connectivity index is 1.98. The molecule has 0 heterocycles. The summed E-state index contributed by atoms with van der Waals surface area (Å²) in [5.74, 6) is 0. The van der Waals surface area contributed by atoms with Gasteiger partial charge in [0, 0.05) is 24.7 Å². The van der Waals surface area contributed by atoms with E-state index in [4.69, 9.17) is 0 Å². The molecule has 4 heteroatoms. The lowest BCUT2D eigenvalue weighted by Crippen LogP contribution is -2.20. The van der Waals surface area contributed by atoms with E-state index in [9.17, 15) is 10.1 Å². The SMILES string of the molecule is CCC(NCc1ccc([N+](=O)[O-])cc1)c1ccccc1. The van der Waals surface area contributed by atoms with Crippen molar-refractivity contribution < 1.29 is 4.92 Å². The highest BCUT2D eigenvalue weighted by Crippen LogP contribution is 2.17. The van der Waals surface area contributed by atoms with Gasteiger partial charge in [-0.25, -0.2) is 0 Å². The van der Waals surface area contributed by atoms with E-state index < -0.39 is 0 Å². The Hall–Kier alpha value is -2.20. The molecule has 0 saturated heterocycles. The highest BCUT2D eigenvalue weighted by molar-refractivity contribution is 5.33. The zero-order valence-electron chi connectivity index (χ0n) is 11.5. The van der Waals surface area contributed by atoms with Gasteiger partial charge >= 0.3 is 0 Å². The maximum Gasteiger partial charge on any atom is 0.269 e. The minimum Gasteiger partial charge on any atom is -0.306 e. The Morgan fingerprint density at radius 1 is 1.10 bits per heavy atom. The highest BCUT2D eigenvalue weighted by atomic mass is 16.6. The molecule has 0 saturated carbocycles. The predicted octanol–water partition coefficient (Wildman–Crippen LogP) is 3.84. The van der Waals surface area contributed by atoms with Crippen molar-refractivity contribution in [3.05, 3.63) is 75.8 Å². The van der Waals surface area contributed by atoms with Crippen molar-refractivity contribution in [3.8, 4) is 0 Å². The van der Waals surface area contributed by atoms with Gasteiger partial charge in [-0.3, -0.25) is 10.1 Å². The van der Waals surface area contributed by atoms with E-state index in [1.165, 1.54) is 5.56 Å². The number of hydrogen-bond donors (Lipinski definition) is 1. The molecule has 104 valence electrons. The first-order valence-electron chi connectivity index (χ1n) is 6.72. The quantitative estimate of drug-likeness (QED) is 0.641. The number of nitrogens with zero attached hydrogens (tertiary/aromatic N) is 1. The van der Waals surface area contributed by atoms with Crippen LogP contribution in [0.25, 0.3) is 0 Å². The first-order valence-corrected chi connectivity index (χ1v) is 6.72. The fourth-order valence-electron chi connectivity index (χ4n) is 2.16. The maximum atomic E-state index is 10.6. The second-order valence-electron chi connectivity index (χ2n) is 4.68. The number of nitrogens with one attached hydrogen (secondary N) is 1. The summed E-state index contributed by atoms with van der Waals surface area (Å²) in [5.41, 5.74) is 2.44. The minimum atomic E-state index is -0.379. The van der Waals surface area contributed by atoms with Crippen molar-refractivity contribution >= 4 is 5.69 Å². The Labute approximate surface area is 118 Å². The summed E-state index contributed by atoms with van der Waals surface area (Å²) >= 11 is 0. The van der Waals surface area contributed by atoms with Crippen molar-refractivity contribution in [2.24, 2.45) is 0 Å². The van der Waals surface area contributed by atoms with E-state index in [0.717, 1.165) is 12.0 Å². The second kappa shape index (κ2) is 6.82. The molecule has 0 radical (unpaired) electrons. The van der Waals surface area contributed by atoms with Crippen molar-refractivity contribution in [1.29, 1.82) is 0 Å². The second-order valence-corrected chi connectivity index (χ2v) is 4.68. The molecule has 0 aliphatic heterocycles. The Morgan fingerprint density at radius 3 is 2.30 bits per heavy atom. The zero-order chi connectivity index (χ0) is 14.4. The average molecular weight is 270 g/mol. The van der Waals surface area contributed by atoms with Crippen LogP contribution in [-0.2, 0) is 6.54 Å². The molecule has 0 aromatic heterocycles. The van der Waals surface area contributed by atoms with Crippen molar-refractivity contribution in [1.82, 2.24) is 5.32 Å². The van der Waals surface area contributed by atoms with E-state index in [1.807, 2.05) is 18.2 Å². The molecule has 4 nitrogen and oxygen atoms in total. The van der Waals surface area contributed by atoms with Crippen LogP contribution in [0.1, 0.15) is 30.5 Å². The van der Waals surface area contributed by atoms with Crippen LogP contribution in [0.5, 0.6) is 0 Å². The van der Waals surface area contributed by atoms with Gasteiger partial charge in [-0.05, 0) is 17.5 Å². The number of benzene rings is 2. The predicted molar refractivity (Wildman–Crippen MR) is 79.4 cm³/mol. The van der Waals surface area contributed by atoms with Crippen LogP contribution in [0.4, 0.5) is 5.69 Å². The first-order chi connectivity index (χ1) is 9.70. The number of nitro benzene ring substituents is 1. The molecule has 0 amide bonds. The molecule has 20 heavy (non-hydrogen) atoms. The van der Waals surface area contributed by atoms with Gasteiger partial charge in [0.05, 0.1) is 4.92 Å². The standard InChI is InChI=1S/C16H18N2O2/c1-2-16(14-6-4-3-5-7-14)17-12-13-8-10-15(11-9-13)18(19)20/h3-11,16-17H,2,12H2,1H3. The average Bonchev–Trinajstić information content (AvgIpc) is 2.49. The molecule has 2 rings (SSSR count). The summed E-state index contributed by atoms with van der Waals surface area (Å²) in [4.78, 5) is 10.2. The molecule has 2 aromatic rings. The van der Waals surface area contributed by atoms with E-state index in [1.54, 1.807) is 24.3 Å². The molecular formula is C16H18N2O2. The van der Waals surface area contributed by atoms with Gasteiger partial charge in [-0.15, -0.1) is 0 Å². The molecule has 1 N–H and O–H groups in total. The molecule has 2 aromatic carbocycles. The number of rotatable bonds is 6. The van der Waals surface area contributed by atoms with Crippen LogP contribution in [0.3, 0.4) is 0 Å². The third-order valence-corrected chi connectivity index (χ3v) is 3.31. The molecule has 1 unspecified atom stereocenters. The van der Waals surface area contributed by atoms with Crippen LogP contribution in [-0.4, -0.2) is 4.92 Å². The number of nitro groups is 1. The molecule has 0 aliphatic rings. The van der Waals surface area contributed by atoms with Gasteiger partial charge in [0.25, 0.3) is 5.69 Å². The minimum absolute atomic E-state index is 0.129. The van der Waals surface area contributed by atoms with Gasteiger partial charge in [-0.2, -0.15) is 0 Å². The Kier molecular flexibility index (Phi) is 4.85. The number of hydrogen-bond acceptors (Lipinski definition) is 3. The van der Waals surface area contributed by atoms with Gasteiger partial charge in [0.2, 0.25) is 0 Å². The van der Waals surface area contributed by atoms with E-state index in [2.05, 4.69) is 24.4 Å². The summed E-state index contributed by atoms with van der Waals surface area (Å²) in [6.45, 7) is 2.84. The molecule has 0 bridgehead atoms. The number of non-ortho nitro benzene ring substituents is 1. The summed E-state index contributed by atoms with van der Waals surface area (Å²) in [6, 6.07) is 17.3. The van der Waals surface area contributed by atoms with Crippen LogP contribution < -0.4 is 5.32 Å². The van der Waals surface area contributed by atoms with Crippen molar-refractivity contribution in [2.75, 3.05) is 0 Å². The third-order valence-electron chi connectivity index (χ3n) is 3.31. The van der Waals surface area contributed by atoms with E-state index in [-0.39, 0.29) is 10.6 Å². The lowest BCUT2D eigenvalue weighted by molar-refractivity contribution is -0.384. The Bertz CT molecular complexity index is 552. The molecular weight excluding hydrogens is 252 g/mol. The van der Waals surface area contributed by atoms with Crippen LogP contribution in [0.2, 0.25) is 0 Å². The lowest BCUT2D eigenvalue weighted by atomic mass is 10.0. The van der Waals surface area contributed by atoms with Gasteiger partial charge in [-0.1, -0.05) is 49.4 Å². The van der Waals surface area contributed by atoms with E-state index in [0.29, 0.717) is 12.6 Å². The topological polar surface area (TPSA) is 55.2 Å². The molecule has 0 fully saturated rings. The molecule has 0 aliphatic carbocycles. The summed E-state index contributed by atoms with van der Waals surface area (Å²) < 4.78 is 0. The van der Waals surface area contributed by atoms with Crippen molar-refractivity contribution in [2.45, 2.75) is 25.9 Å². The Morgan fingerprint density at radius 2 is 1.75 bits per heavy atom. The van der Waals surface area contributed by atoms with Crippen LogP contribution in [0, 0.1) is 10.1 Å². The van der Waals surface area contributed by atoms with Crippen LogP contribution >= 0.6 is 0 Å². The highest BCUT2D eigenvalue weighted by Gasteiger charge is 2.09. The van der Waals surface area contributed by atoms with E-state index >= 15 is 0 Å². The summed E-state index contributed by atoms with van der Waals surface area (Å²) in [6.07, 6.45) is 0.997. The maximum absolute atomic E-state index is 10.6. The fraction of sp³-hybridized carbons (Fsp3) is 0.250. The zero-order valence-corrected chi connectivity index (χ0v) is 11.5. The van der Waals surface area contributed by atoms with Gasteiger partial charge in [0.1, 0.15) is 0 Å². The summed E-state index contributed by atoms with van der Waals surface area (Å²) in [7, 11) is 0. The normalized spacial score (nSPS) is 12.1. The largest absolute Gasteiger partial charge is 0.306 e. The third kappa shape index (κ3) is 3.65. The monoisotopic (exact) mass is 270 g/mol. The smallest absolute Gasteiger partial charge is 0.269 e. The van der Waals surface area contributed by atoms with Crippen LogP contribution in [0.15, 0.2) is 54.6 Å². The van der Waals surface area contributed by atoms with Crippen molar-refractivity contribution in [3.63, 3.8) is 0 Å². The fourth-order valence-corrected chi connectivity index (χ4v) is 2.16. The molecule has 1 atom stereocenters. The lowest BCUT2D eigenvalue weighted by Gasteiger charge is -2.17. The van der Waals surface area contributed by atoms with Gasteiger partial charge < -0.3 is 5.32 Å². The molecule has 0 spiro atoms. The summed E-state index contributed by atoms with van der Waals surface area (Å²) in [5, 5.41) is 14.1.